The molecule has 1 fully saturated rings. The van der Waals surface area contributed by atoms with Gasteiger partial charge in [-0.1, -0.05) is 19.1 Å². The number of carbonyl (C=O) groups excluding carboxylic acids is 1. The Hall–Kier alpha value is -2.08. The molecule has 0 radical (unpaired) electrons. The molecule has 1 aliphatic rings. The Balaban J connectivity index is 1.87. The Bertz CT molecular complexity index is 805. The number of hydrogen-bond acceptors (Lipinski definition) is 3. The number of likely N-dealkylation sites (N-methyl/N-ethyl adjacent to an activating group) is 1. The minimum absolute atomic E-state index is 0.0207. The van der Waals surface area contributed by atoms with Crippen LogP contribution >= 0.6 is 0 Å². The molecule has 1 aromatic carbocycles. The van der Waals surface area contributed by atoms with Crippen LogP contribution in [-0.2, 0) is 17.9 Å². The van der Waals surface area contributed by atoms with E-state index in [1.54, 1.807) is 9.13 Å². The lowest BCUT2D eigenvalue weighted by atomic mass is 10.1. The van der Waals surface area contributed by atoms with E-state index in [-0.39, 0.29) is 18.1 Å². The topological polar surface area (TPSA) is 50.5 Å². The van der Waals surface area contributed by atoms with Gasteiger partial charge in [0.25, 0.3) is 0 Å². The summed E-state index contributed by atoms with van der Waals surface area (Å²) in [4.78, 5) is 29.5. The molecule has 1 aliphatic heterocycles. The quantitative estimate of drug-likeness (QED) is 0.847. The number of fused-ring (bicyclic) bond motifs is 1. The van der Waals surface area contributed by atoms with E-state index in [0.717, 1.165) is 24.1 Å². The number of benzene rings is 1. The number of carbonyl (C=O) groups is 1. The number of aromatic nitrogens is 2. The van der Waals surface area contributed by atoms with Crippen LogP contribution in [0.3, 0.4) is 0 Å². The molecule has 1 saturated heterocycles. The number of amides is 1. The van der Waals surface area contributed by atoms with Crippen molar-refractivity contribution in [3.63, 3.8) is 0 Å². The maximum atomic E-state index is 12.8. The van der Waals surface area contributed by atoms with Gasteiger partial charge in [0.05, 0.1) is 11.0 Å². The first-order valence-electron chi connectivity index (χ1n) is 8.56. The SMILES string of the molecule is CCn1c(=O)n(CC(=O)N2C[C@@H](C)[C@H](N(C)C)C2)c2ccccc21. The Morgan fingerprint density at radius 2 is 1.79 bits per heavy atom. The van der Waals surface area contributed by atoms with Crippen LogP contribution in [0.25, 0.3) is 11.0 Å². The largest absolute Gasteiger partial charge is 0.339 e. The van der Waals surface area contributed by atoms with Crippen LogP contribution < -0.4 is 5.69 Å². The number of aryl methyl sites for hydroxylation is 1. The fraction of sp³-hybridized carbons (Fsp3) is 0.556. The van der Waals surface area contributed by atoms with Gasteiger partial charge in [-0.25, -0.2) is 4.79 Å². The highest BCUT2D eigenvalue weighted by Crippen LogP contribution is 2.21. The highest BCUT2D eigenvalue weighted by molar-refractivity contribution is 5.81. The summed E-state index contributed by atoms with van der Waals surface area (Å²) in [5, 5.41) is 0. The van der Waals surface area contributed by atoms with Gasteiger partial charge in [0.2, 0.25) is 5.91 Å². The number of imidazole rings is 1. The van der Waals surface area contributed by atoms with Crippen LogP contribution in [0, 0.1) is 5.92 Å². The zero-order valence-electron chi connectivity index (χ0n) is 14.9. The summed E-state index contributed by atoms with van der Waals surface area (Å²) in [7, 11) is 4.10. The molecule has 3 rings (SSSR count). The first-order valence-corrected chi connectivity index (χ1v) is 8.56. The van der Waals surface area contributed by atoms with Gasteiger partial charge < -0.3 is 9.80 Å². The van der Waals surface area contributed by atoms with Gasteiger partial charge in [0, 0.05) is 25.7 Å². The second-order valence-electron chi connectivity index (χ2n) is 6.91. The smallest absolute Gasteiger partial charge is 0.329 e. The molecule has 6 nitrogen and oxygen atoms in total. The van der Waals surface area contributed by atoms with E-state index in [1.807, 2.05) is 36.1 Å². The first kappa shape index (κ1) is 16.8. The van der Waals surface area contributed by atoms with Crippen molar-refractivity contribution in [3.8, 4) is 0 Å². The monoisotopic (exact) mass is 330 g/mol. The summed E-state index contributed by atoms with van der Waals surface area (Å²) >= 11 is 0. The predicted molar refractivity (Wildman–Crippen MR) is 95.1 cm³/mol. The van der Waals surface area contributed by atoms with Crippen molar-refractivity contribution in [1.29, 1.82) is 0 Å². The van der Waals surface area contributed by atoms with Crippen molar-refractivity contribution in [3.05, 3.63) is 34.7 Å². The number of rotatable bonds is 4. The van der Waals surface area contributed by atoms with Crippen molar-refractivity contribution in [2.45, 2.75) is 33.0 Å². The van der Waals surface area contributed by atoms with Crippen molar-refractivity contribution >= 4 is 16.9 Å². The number of hydrogen-bond donors (Lipinski definition) is 0. The molecule has 130 valence electrons. The van der Waals surface area contributed by atoms with E-state index in [0.29, 0.717) is 18.5 Å². The van der Waals surface area contributed by atoms with E-state index >= 15 is 0 Å². The Morgan fingerprint density at radius 1 is 1.17 bits per heavy atom. The summed E-state index contributed by atoms with van der Waals surface area (Å²) in [6, 6.07) is 8.04. The zero-order chi connectivity index (χ0) is 17.4. The van der Waals surface area contributed by atoms with Gasteiger partial charge in [-0.15, -0.1) is 0 Å². The lowest BCUT2D eigenvalue weighted by Crippen LogP contribution is -2.38. The van der Waals surface area contributed by atoms with E-state index in [2.05, 4.69) is 25.9 Å². The summed E-state index contributed by atoms with van der Waals surface area (Å²) in [6.45, 7) is 6.32. The van der Waals surface area contributed by atoms with Crippen molar-refractivity contribution in [2.24, 2.45) is 5.92 Å². The van der Waals surface area contributed by atoms with Crippen molar-refractivity contribution in [1.82, 2.24) is 18.9 Å². The summed E-state index contributed by atoms with van der Waals surface area (Å²) in [5.74, 6) is 0.463. The molecule has 24 heavy (non-hydrogen) atoms. The van der Waals surface area contributed by atoms with Crippen LogP contribution in [0.2, 0.25) is 0 Å². The van der Waals surface area contributed by atoms with Crippen LogP contribution in [0.4, 0.5) is 0 Å². The molecule has 2 aromatic rings. The molecule has 0 bridgehead atoms. The van der Waals surface area contributed by atoms with Crippen LogP contribution in [0.1, 0.15) is 13.8 Å². The molecular formula is C18H26N4O2. The van der Waals surface area contributed by atoms with Gasteiger partial charge in [-0.05, 0) is 39.1 Å². The lowest BCUT2D eigenvalue weighted by Gasteiger charge is -2.22. The highest BCUT2D eigenvalue weighted by atomic mass is 16.2. The third-order valence-corrected chi connectivity index (χ3v) is 5.12. The maximum absolute atomic E-state index is 12.8. The van der Waals surface area contributed by atoms with Gasteiger partial charge in [-0.2, -0.15) is 0 Å². The molecule has 0 aliphatic carbocycles. The molecule has 6 heteroatoms. The fourth-order valence-corrected chi connectivity index (χ4v) is 3.79. The molecule has 2 atom stereocenters. The van der Waals surface area contributed by atoms with Gasteiger partial charge in [0.15, 0.2) is 0 Å². The molecule has 0 spiro atoms. The Labute approximate surface area is 142 Å². The Morgan fingerprint density at radius 3 is 2.33 bits per heavy atom. The third kappa shape index (κ3) is 2.75. The fourth-order valence-electron chi connectivity index (χ4n) is 3.79. The normalized spacial score (nSPS) is 21.1. The Kier molecular flexibility index (Phi) is 4.49. The van der Waals surface area contributed by atoms with Crippen molar-refractivity contribution in [2.75, 3.05) is 27.2 Å². The number of para-hydroxylation sites is 2. The standard InChI is InChI=1S/C18H26N4O2/c1-5-21-14-8-6-7-9-15(14)22(18(21)24)12-17(23)20-10-13(2)16(11-20)19(3)4/h6-9,13,16H,5,10-12H2,1-4H3/t13-,16-/m1/s1. The summed E-state index contributed by atoms with van der Waals surface area (Å²) in [6.07, 6.45) is 0. The molecule has 1 amide bonds. The van der Waals surface area contributed by atoms with Gasteiger partial charge >= 0.3 is 5.69 Å². The lowest BCUT2D eigenvalue weighted by molar-refractivity contribution is -0.131. The predicted octanol–water partition coefficient (Wildman–Crippen LogP) is 1.23. The second kappa shape index (κ2) is 6.43. The minimum Gasteiger partial charge on any atom is -0.339 e. The van der Waals surface area contributed by atoms with E-state index < -0.39 is 0 Å². The number of likely N-dealkylation sites (tertiary alicyclic amines) is 1. The van der Waals surface area contributed by atoms with Gasteiger partial charge in [0.1, 0.15) is 6.54 Å². The summed E-state index contributed by atoms with van der Waals surface area (Å²) in [5.41, 5.74) is 1.61. The molecule has 0 saturated carbocycles. The van der Waals surface area contributed by atoms with Crippen LogP contribution in [-0.4, -0.2) is 58.1 Å². The molecule has 0 N–H and O–H groups in total. The van der Waals surface area contributed by atoms with Crippen molar-refractivity contribution < 1.29 is 4.79 Å². The average molecular weight is 330 g/mol. The number of nitrogens with zero attached hydrogens (tertiary/aromatic N) is 4. The summed E-state index contributed by atoms with van der Waals surface area (Å²) < 4.78 is 3.33. The minimum atomic E-state index is -0.108. The highest BCUT2D eigenvalue weighted by Gasteiger charge is 2.33. The zero-order valence-corrected chi connectivity index (χ0v) is 14.9. The van der Waals surface area contributed by atoms with E-state index in [9.17, 15) is 9.59 Å². The second-order valence-corrected chi connectivity index (χ2v) is 6.91. The molecule has 1 aromatic heterocycles. The van der Waals surface area contributed by atoms with Gasteiger partial charge in [-0.3, -0.25) is 13.9 Å². The van der Waals surface area contributed by atoms with E-state index in [4.69, 9.17) is 0 Å². The molecular weight excluding hydrogens is 304 g/mol. The molecule has 2 heterocycles. The van der Waals surface area contributed by atoms with Crippen LogP contribution in [0.5, 0.6) is 0 Å². The maximum Gasteiger partial charge on any atom is 0.329 e. The first-order chi connectivity index (χ1) is 11.4. The van der Waals surface area contributed by atoms with Crippen LogP contribution in [0.15, 0.2) is 29.1 Å². The average Bonchev–Trinajstić information content (AvgIpc) is 3.06. The van der Waals surface area contributed by atoms with E-state index in [1.165, 1.54) is 0 Å². The third-order valence-electron chi connectivity index (χ3n) is 5.12. The molecule has 0 unspecified atom stereocenters.